The first-order chi connectivity index (χ1) is 18.5. The molecule has 0 saturated carbocycles. The number of methoxy groups -OCH3 is 2. The lowest BCUT2D eigenvalue weighted by Gasteiger charge is -2.34. The van der Waals surface area contributed by atoms with Crippen LogP contribution in [0.25, 0.3) is 0 Å². The van der Waals surface area contributed by atoms with E-state index in [0.29, 0.717) is 11.3 Å². The number of ketones is 1. The summed E-state index contributed by atoms with van der Waals surface area (Å²) < 4.78 is 10.1. The Hall–Kier alpha value is -4.79. The van der Waals surface area contributed by atoms with Gasteiger partial charge in [0.15, 0.2) is 5.78 Å². The third kappa shape index (κ3) is 3.35. The van der Waals surface area contributed by atoms with E-state index in [1.165, 1.54) is 26.4 Å². The molecule has 9 nitrogen and oxygen atoms in total. The molecule has 3 aliphatic heterocycles. The van der Waals surface area contributed by atoms with Gasteiger partial charge < -0.3 is 9.47 Å². The number of Topliss-reactive ketones (excluding diaryl/α,β-unsaturated/α-hetero) is 1. The molecule has 0 bridgehead atoms. The number of hydrazone groups is 1. The van der Waals surface area contributed by atoms with Crippen molar-refractivity contribution < 1.29 is 28.7 Å². The van der Waals surface area contributed by atoms with Gasteiger partial charge in [0.1, 0.15) is 11.8 Å². The van der Waals surface area contributed by atoms with E-state index in [4.69, 9.17) is 9.47 Å². The van der Waals surface area contributed by atoms with Crippen molar-refractivity contribution in [3.05, 3.63) is 95.1 Å². The molecule has 0 N–H and O–H groups in total. The smallest absolute Gasteiger partial charge is 0.339 e. The van der Waals surface area contributed by atoms with Gasteiger partial charge in [0.2, 0.25) is 11.8 Å². The number of rotatable bonds is 5. The SMILES string of the molecule is COC(=O)c1ccccc1N1C(=O)[C@@H]2[C@H](C1=O)[C@H](C(=O)c1ccc(OC)cc1)N1N=Cc3ccccc3[C@@H]21. The Labute approximate surface area is 218 Å². The molecule has 4 atom stereocenters. The molecule has 3 aromatic carbocycles. The number of anilines is 1. The molecule has 3 aliphatic rings. The van der Waals surface area contributed by atoms with Gasteiger partial charge in [-0.1, -0.05) is 36.4 Å². The first-order valence-corrected chi connectivity index (χ1v) is 12.1. The minimum atomic E-state index is -1.02. The van der Waals surface area contributed by atoms with Crippen LogP contribution in [0.3, 0.4) is 0 Å². The van der Waals surface area contributed by atoms with Crippen molar-refractivity contribution in [3.8, 4) is 5.75 Å². The Morgan fingerprint density at radius 2 is 1.53 bits per heavy atom. The summed E-state index contributed by atoms with van der Waals surface area (Å²) in [6.45, 7) is 0. The van der Waals surface area contributed by atoms with E-state index >= 15 is 0 Å². The third-order valence-corrected chi connectivity index (χ3v) is 7.49. The van der Waals surface area contributed by atoms with Gasteiger partial charge in [-0.05, 0) is 47.5 Å². The Bertz CT molecular complexity index is 1510. The maximum absolute atomic E-state index is 14.1. The van der Waals surface area contributed by atoms with Crippen LogP contribution in [0.15, 0.2) is 77.9 Å². The Morgan fingerprint density at radius 3 is 2.26 bits per heavy atom. The van der Waals surface area contributed by atoms with Crippen LogP contribution in [-0.4, -0.2) is 55.1 Å². The quantitative estimate of drug-likeness (QED) is 0.295. The van der Waals surface area contributed by atoms with E-state index in [2.05, 4.69) is 5.10 Å². The van der Waals surface area contributed by atoms with E-state index < -0.39 is 41.7 Å². The first-order valence-electron chi connectivity index (χ1n) is 12.1. The van der Waals surface area contributed by atoms with Crippen LogP contribution in [0.1, 0.15) is 37.9 Å². The summed E-state index contributed by atoms with van der Waals surface area (Å²) in [6, 6.07) is 18.8. The topological polar surface area (TPSA) is 106 Å². The minimum Gasteiger partial charge on any atom is -0.497 e. The van der Waals surface area contributed by atoms with E-state index in [0.717, 1.165) is 16.0 Å². The molecule has 0 spiro atoms. The number of amides is 2. The molecule has 0 unspecified atom stereocenters. The maximum atomic E-state index is 14.1. The van der Waals surface area contributed by atoms with E-state index in [1.54, 1.807) is 47.6 Å². The molecule has 2 amide bonds. The second-order valence-electron chi connectivity index (χ2n) is 9.31. The van der Waals surface area contributed by atoms with Gasteiger partial charge >= 0.3 is 5.97 Å². The van der Waals surface area contributed by atoms with Crippen molar-refractivity contribution in [1.29, 1.82) is 0 Å². The van der Waals surface area contributed by atoms with Crippen molar-refractivity contribution in [2.24, 2.45) is 16.9 Å². The molecule has 2 fully saturated rings. The maximum Gasteiger partial charge on any atom is 0.339 e. The molecule has 3 aromatic rings. The number of fused-ring (bicyclic) bond motifs is 5. The van der Waals surface area contributed by atoms with Crippen molar-refractivity contribution >= 4 is 35.5 Å². The number of nitrogens with zero attached hydrogens (tertiary/aromatic N) is 3. The summed E-state index contributed by atoms with van der Waals surface area (Å²) in [7, 11) is 2.77. The summed E-state index contributed by atoms with van der Waals surface area (Å²) in [5, 5.41) is 6.17. The highest BCUT2D eigenvalue weighted by molar-refractivity contribution is 6.26. The van der Waals surface area contributed by atoms with Gasteiger partial charge in [-0.2, -0.15) is 5.10 Å². The minimum absolute atomic E-state index is 0.0913. The normalized spacial score (nSPS) is 23.1. The lowest BCUT2D eigenvalue weighted by Crippen LogP contribution is -2.45. The van der Waals surface area contributed by atoms with Crippen molar-refractivity contribution in [1.82, 2.24) is 5.01 Å². The van der Waals surface area contributed by atoms with Gasteiger partial charge in [-0.3, -0.25) is 19.4 Å². The molecule has 9 heteroatoms. The standard InChI is InChI=1S/C29H23N3O6/c1-37-18-13-11-16(12-14-18)26(33)25-23-22(24-19-8-4-3-7-17(19)15-30-32(24)25)27(34)31(28(23)35)21-10-6-5-9-20(21)29(36)38-2/h3-15,22-25H,1-2H3/t22-,23+,24+,25-/m1/s1. The predicted octanol–water partition coefficient (Wildman–Crippen LogP) is 3.24. The fraction of sp³-hybridized carbons (Fsp3) is 0.207. The first kappa shape index (κ1) is 23.6. The molecular formula is C29H23N3O6. The van der Waals surface area contributed by atoms with Crippen LogP contribution in [0.5, 0.6) is 5.75 Å². The monoisotopic (exact) mass is 509 g/mol. The molecule has 0 aliphatic carbocycles. The van der Waals surface area contributed by atoms with E-state index in [1.807, 2.05) is 24.3 Å². The number of ether oxygens (including phenoxy) is 2. The fourth-order valence-corrected chi connectivity index (χ4v) is 5.78. The zero-order valence-corrected chi connectivity index (χ0v) is 20.6. The molecule has 6 rings (SSSR count). The number of hydrogen-bond donors (Lipinski definition) is 0. The van der Waals surface area contributed by atoms with E-state index in [-0.39, 0.29) is 17.0 Å². The van der Waals surface area contributed by atoms with Gasteiger partial charge in [-0.25, -0.2) is 9.69 Å². The largest absolute Gasteiger partial charge is 0.497 e. The van der Waals surface area contributed by atoms with Gasteiger partial charge in [0.25, 0.3) is 0 Å². The lowest BCUT2D eigenvalue weighted by molar-refractivity contribution is -0.124. The summed E-state index contributed by atoms with van der Waals surface area (Å²) in [5.74, 6) is -3.32. The summed E-state index contributed by atoms with van der Waals surface area (Å²) >= 11 is 0. The third-order valence-electron chi connectivity index (χ3n) is 7.49. The average molecular weight is 510 g/mol. The second kappa shape index (κ2) is 8.95. The second-order valence-corrected chi connectivity index (χ2v) is 9.31. The van der Waals surface area contributed by atoms with Crippen molar-refractivity contribution in [2.75, 3.05) is 19.1 Å². The van der Waals surface area contributed by atoms with Crippen LogP contribution in [0.2, 0.25) is 0 Å². The highest BCUT2D eigenvalue weighted by Gasteiger charge is 2.65. The van der Waals surface area contributed by atoms with Crippen LogP contribution in [-0.2, 0) is 14.3 Å². The van der Waals surface area contributed by atoms with Crippen LogP contribution >= 0.6 is 0 Å². The average Bonchev–Trinajstić information content (AvgIpc) is 3.44. The summed E-state index contributed by atoms with van der Waals surface area (Å²) in [4.78, 5) is 55.6. The Morgan fingerprint density at radius 1 is 0.842 bits per heavy atom. The van der Waals surface area contributed by atoms with Gasteiger partial charge in [0.05, 0.1) is 49.6 Å². The number of benzene rings is 3. The zero-order valence-electron chi connectivity index (χ0n) is 20.6. The number of carbonyl (C=O) groups excluding carboxylic acids is 4. The fourth-order valence-electron chi connectivity index (χ4n) is 5.78. The zero-order chi connectivity index (χ0) is 26.6. The highest BCUT2D eigenvalue weighted by Crippen LogP contribution is 2.53. The van der Waals surface area contributed by atoms with Gasteiger partial charge in [0, 0.05) is 5.56 Å². The van der Waals surface area contributed by atoms with Crippen LogP contribution < -0.4 is 9.64 Å². The molecule has 190 valence electrons. The number of hydrogen-bond acceptors (Lipinski definition) is 8. The van der Waals surface area contributed by atoms with E-state index in [9.17, 15) is 19.2 Å². The molecule has 3 heterocycles. The summed E-state index contributed by atoms with van der Waals surface area (Å²) in [6.07, 6.45) is 1.65. The number of esters is 1. The molecule has 2 saturated heterocycles. The van der Waals surface area contributed by atoms with Crippen molar-refractivity contribution in [2.45, 2.75) is 12.1 Å². The van der Waals surface area contributed by atoms with Crippen molar-refractivity contribution in [3.63, 3.8) is 0 Å². The summed E-state index contributed by atoms with van der Waals surface area (Å²) in [5.41, 5.74) is 2.23. The van der Waals surface area contributed by atoms with Gasteiger partial charge in [-0.15, -0.1) is 0 Å². The van der Waals surface area contributed by atoms with Crippen LogP contribution in [0, 0.1) is 11.8 Å². The molecule has 38 heavy (non-hydrogen) atoms. The van der Waals surface area contributed by atoms with Crippen LogP contribution in [0.4, 0.5) is 5.69 Å². The predicted molar refractivity (Wildman–Crippen MR) is 137 cm³/mol. The Balaban J connectivity index is 1.49. The Kier molecular flexibility index (Phi) is 5.56. The molecular weight excluding hydrogens is 486 g/mol. The number of carbonyl (C=O) groups is 4. The molecule has 0 aromatic heterocycles. The number of imide groups is 1. The highest BCUT2D eigenvalue weighted by atomic mass is 16.5. The molecule has 0 radical (unpaired) electrons. The number of para-hydroxylation sites is 1. The lowest BCUT2D eigenvalue weighted by atomic mass is 9.83.